The van der Waals surface area contributed by atoms with Gasteiger partial charge >= 0.3 is 5.97 Å². The van der Waals surface area contributed by atoms with Crippen LogP contribution in [0.4, 0.5) is 5.69 Å². The summed E-state index contributed by atoms with van der Waals surface area (Å²) < 4.78 is 0. The van der Waals surface area contributed by atoms with Gasteiger partial charge in [0.2, 0.25) is 0 Å². The van der Waals surface area contributed by atoms with Crippen LogP contribution in [-0.4, -0.2) is 49.2 Å². The Morgan fingerprint density at radius 2 is 1.89 bits per heavy atom. The average molecular weight is 248 g/mol. The summed E-state index contributed by atoms with van der Waals surface area (Å²) in [5.41, 5.74) is 1.41. The lowest BCUT2D eigenvalue weighted by molar-refractivity contribution is 0.0697. The van der Waals surface area contributed by atoms with E-state index < -0.39 is 5.97 Å². The fourth-order valence-electron chi connectivity index (χ4n) is 2.29. The second kappa shape index (κ2) is 5.87. The molecule has 0 aliphatic carbocycles. The highest BCUT2D eigenvalue weighted by Crippen LogP contribution is 2.14. The summed E-state index contributed by atoms with van der Waals surface area (Å²) >= 11 is 0. The van der Waals surface area contributed by atoms with Crippen molar-refractivity contribution in [2.75, 3.05) is 38.1 Å². The quantitative estimate of drug-likeness (QED) is 0.864. The minimum atomic E-state index is -0.874. The van der Waals surface area contributed by atoms with Gasteiger partial charge < -0.3 is 14.9 Å². The number of carbonyl (C=O) groups is 1. The Labute approximate surface area is 108 Å². The number of carboxylic acid groups (broad SMARTS) is 1. The zero-order valence-corrected chi connectivity index (χ0v) is 10.8. The molecule has 1 heterocycles. The first-order chi connectivity index (χ1) is 8.66. The van der Waals surface area contributed by atoms with Crippen molar-refractivity contribution >= 4 is 11.7 Å². The number of likely N-dealkylation sites (N-methyl/N-ethyl adjacent to an activating group) is 1. The van der Waals surface area contributed by atoms with Gasteiger partial charge in [-0.25, -0.2) is 4.79 Å². The average Bonchev–Trinajstić information content (AvgIpc) is 2.89. The fourth-order valence-corrected chi connectivity index (χ4v) is 2.29. The largest absolute Gasteiger partial charge is 0.478 e. The van der Waals surface area contributed by atoms with Crippen LogP contribution in [0.5, 0.6) is 0 Å². The molecule has 1 N–H and O–H groups in total. The SMILES string of the molecule is CN(CCN1CCCC1)c1ccc(C(=O)O)cc1. The van der Waals surface area contributed by atoms with Gasteiger partial charge in [-0.05, 0) is 50.2 Å². The van der Waals surface area contributed by atoms with Crippen molar-refractivity contribution in [3.05, 3.63) is 29.8 Å². The zero-order chi connectivity index (χ0) is 13.0. The number of likely N-dealkylation sites (tertiary alicyclic amines) is 1. The van der Waals surface area contributed by atoms with Gasteiger partial charge in [-0.1, -0.05) is 0 Å². The molecule has 1 aliphatic heterocycles. The smallest absolute Gasteiger partial charge is 0.335 e. The molecule has 0 spiro atoms. The van der Waals surface area contributed by atoms with Crippen LogP contribution in [0.3, 0.4) is 0 Å². The highest BCUT2D eigenvalue weighted by atomic mass is 16.4. The normalized spacial score (nSPS) is 15.8. The van der Waals surface area contributed by atoms with Crippen molar-refractivity contribution in [2.45, 2.75) is 12.8 Å². The van der Waals surface area contributed by atoms with Crippen LogP contribution in [0.15, 0.2) is 24.3 Å². The lowest BCUT2D eigenvalue weighted by Crippen LogP contribution is -2.31. The number of hydrogen-bond acceptors (Lipinski definition) is 3. The molecule has 0 radical (unpaired) electrons. The number of hydrogen-bond donors (Lipinski definition) is 1. The van der Waals surface area contributed by atoms with E-state index in [-0.39, 0.29) is 0 Å². The van der Waals surface area contributed by atoms with Gasteiger partial charge in [0.15, 0.2) is 0 Å². The summed E-state index contributed by atoms with van der Waals surface area (Å²) in [6.45, 7) is 4.49. The van der Waals surface area contributed by atoms with E-state index >= 15 is 0 Å². The van der Waals surface area contributed by atoms with Crippen LogP contribution in [0.25, 0.3) is 0 Å². The van der Waals surface area contributed by atoms with Gasteiger partial charge in [0, 0.05) is 25.8 Å². The third-order valence-corrected chi connectivity index (χ3v) is 3.51. The van der Waals surface area contributed by atoms with Gasteiger partial charge in [0.05, 0.1) is 5.56 Å². The Morgan fingerprint density at radius 3 is 2.44 bits per heavy atom. The molecule has 0 atom stereocenters. The first-order valence-corrected chi connectivity index (χ1v) is 6.43. The van der Waals surface area contributed by atoms with E-state index in [2.05, 4.69) is 9.80 Å². The maximum atomic E-state index is 10.8. The van der Waals surface area contributed by atoms with Crippen LogP contribution in [0.2, 0.25) is 0 Å². The predicted molar refractivity (Wildman–Crippen MR) is 72.3 cm³/mol. The van der Waals surface area contributed by atoms with Crippen LogP contribution < -0.4 is 4.90 Å². The van der Waals surface area contributed by atoms with Crippen molar-refractivity contribution < 1.29 is 9.90 Å². The summed E-state index contributed by atoms with van der Waals surface area (Å²) in [6.07, 6.45) is 2.63. The molecule has 1 aromatic rings. The fraction of sp³-hybridized carbons (Fsp3) is 0.500. The Morgan fingerprint density at radius 1 is 1.28 bits per heavy atom. The minimum Gasteiger partial charge on any atom is -0.478 e. The van der Waals surface area contributed by atoms with Crippen LogP contribution in [0.1, 0.15) is 23.2 Å². The van der Waals surface area contributed by atoms with E-state index in [4.69, 9.17) is 5.11 Å². The lowest BCUT2D eigenvalue weighted by Gasteiger charge is -2.23. The second-order valence-corrected chi connectivity index (χ2v) is 4.82. The topological polar surface area (TPSA) is 43.8 Å². The highest BCUT2D eigenvalue weighted by Gasteiger charge is 2.12. The van der Waals surface area contributed by atoms with Crippen molar-refractivity contribution in [2.24, 2.45) is 0 Å². The van der Waals surface area contributed by atoms with Crippen molar-refractivity contribution in [3.8, 4) is 0 Å². The summed E-state index contributed by atoms with van der Waals surface area (Å²) in [6, 6.07) is 7.05. The monoisotopic (exact) mass is 248 g/mol. The lowest BCUT2D eigenvalue weighted by atomic mass is 10.2. The maximum Gasteiger partial charge on any atom is 0.335 e. The molecular formula is C14H20N2O2. The van der Waals surface area contributed by atoms with Gasteiger partial charge in [-0.3, -0.25) is 0 Å². The summed E-state index contributed by atoms with van der Waals surface area (Å²) in [5, 5.41) is 8.84. The molecule has 0 amide bonds. The van der Waals surface area contributed by atoms with Crippen molar-refractivity contribution in [1.29, 1.82) is 0 Å². The molecular weight excluding hydrogens is 228 g/mol. The number of benzene rings is 1. The standard InChI is InChI=1S/C14H20N2O2/c1-15(10-11-16-8-2-3-9-16)13-6-4-12(5-7-13)14(17)18/h4-7H,2-3,8-11H2,1H3,(H,17,18). The number of anilines is 1. The molecule has 0 unspecified atom stereocenters. The van der Waals surface area contributed by atoms with Gasteiger partial charge in [-0.2, -0.15) is 0 Å². The van der Waals surface area contributed by atoms with Gasteiger partial charge in [-0.15, -0.1) is 0 Å². The third-order valence-electron chi connectivity index (χ3n) is 3.51. The maximum absolute atomic E-state index is 10.8. The molecule has 4 heteroatoms. The first-order valence-electron chi connectivity index (χ1n) is 6.43. The zero-order valence-electron chi connectivity index (χ0n) is 10.8. The summed E-state index contributed by atoms with van der Waals surface area (Å²) in [5.74, 6) is -0.874. The minimum absolute atomic E-state index is 0.340. The van der Waals surface area contributed by atoms with Gasteiger partial charge in [0.25, 0.3) is 0 Å². The Hall–Kier alpha value is -1.55. The van der Waals surface area contributed by atoms with E-state index in [0.717, 1.165) is 18.8 Å². The summed E-state index contributed by atoms with van der Waals surface area (Å²) in [4.78, 5) is 15.4. The van der Waals surface area contributed by atoms with Crippen LogP contribution in [0, 0.1) is 0 Å². The Kier molecular flexibility index (Phi) is 4.20. The third kappa shape index (κ3) is 3.23. The number of aromatic carboxylic acids is 1. The number of nitrogens with zero attached hydrogens (tertiary/aromatic N) is 2. The van der Waals surface area contributed by atoms with E-state index in [1.165, 1.54) is 25.9 Å². The molecule has 0 saturated carbocycles. The number of rotatable bonds is 5. The second-order valence-electron chi connectivity index (χ2n) is 4.82. The molecule has 18 heavy (non-hydrogen) atoms. The molecule has 1 fully saturated rings. The molecule has 98 valence electrons. The Bertz CT molecular complexity index is 397. The van der Waals surface area contributed by atoms with Crippen LogP contribution >= 0.6 is 0 Å². The van der Waals surface area contributed by atoms with E-state index in [1.54, 1.807) is 12.1 Å². The first kappa shape index (κ1) is 12.9. The molecule has 1 aromatic carbocycles. The van der Waals surface area contributed by atoms with Crippen molar-refractivity contribution in [3.63, 3.8) is 0 Å². The molecule has 0 aromatic heterocycles. The van der Waals surface area contributed by atoms with E-state index in [0.29, 0.717) is 5.56 Å². The highest BCUT2D eigenvalue weighted by molar-refractivity contribution is 5.88. The van der Waals surface area contributed by atoms with Crippen LogP contribution in [-0.2, 0) is 0 Å². The summed E-state index contributed by atoms with van der Waals surface area (Å²) in [7, 11) is 2.05. The number of carboxylic acids is 1. The molecule has 1 aliphatic rings. The molecule has 0 bridgehead atoms. The Balaban J connectivity index is 1.87. The van der Waals surface area contributed by atoms with Crippen molar-refractivity contribution in [1.82, 2.24) is 4.90 Å². The molecule has 4 nitrogen and oxygen atoms in total. The predicted octanol–water partition coefficient (Wildman–Crippen LogP) is 1.92. The van der Waals surface area contributed by atoms with E-state index in [1.807, 2.05) is 19.2 Å². The van der Waals surface area contributed by atoms with Gasteiger partial charge in [0.1, 0.15) is 0 Å². The molecule has 1 saturated heterocycles. The molecule has 2 rings (SSSR count). The van der Waals surface area contributed by atoms with E-state index in [9.17, 15) is 4.79 Å².